The molecule has 35 heavy (non-hydrogen) atoms. The fourth-order valence-corrected chi connectivity index (χ4v) is 5.19. The van der Waals surface area contributed by atoms with Crippen LogP contribution in [0.2, 0.25) is 0 Å². The molecule has 2 aliphatic rings. The topological polar surface area (TPSA) is 125 Å². The van der Waals surface area contributed by atoms with E-state index in [0.717, 1.165) is 47.9 Å². The van der Waals surface area contributed by atoms with E-state index in [1.165, 1.54) is 6.92 Å². The van der Waals surface area contributed by atoms with Gasteiger partial charge in [0.25, 0.3) is 0 Å². The highest BCUT2D eigenvalue weighted by Gasteiger charge is 2.36. The van der Waals surface area contributed by atoms with Gasteiger partial charge < -0.3 is 25.6 Å². The number of carbonyl (C=O) groups excluding carboxylic acids is 2. The first-order chi connectivity index (χ1) is 16.8. The third kappa shape index (κ3) is 5.32. The Morgan fingerprint density at radius 3 is 2.20 bits per heavy atom. The smallest absolute Gasteiger partial charge is 0.407 e. The average Bonchev–Trinajstić information content (AvgIpc) is 3.17. The molecule has 1 unspecified atom stereocenters. The number of fused-ring (bicyclic) bond motifs is 3. The number of ether oxygens (including phenoxy) is 1. The fourth-order valence-electron chi connectivity index (χ4n) is 5.19. The number of alkyl carbamates (subject to hydrolysis) is 1. The number of carboxylic acids is 1. The number of aliphatic carboxylic acids is 1. The van der Waals surface area contributed by atoms with E-state index in [4.69, 9.17) is 4.74 Å². The van der Waals surface area contributed by atoms with Crippen molar-refractivity contribution in [1.29, 1.82) is 0 Å². The monoisotopic (exact) mass is 480 g/mol. The van der Waals surface area contributed by atoms with E-state index in [2.05, 4.69) is 34.9 Å². The predicted octanol–water partition coefficient (Wildman–Crippen LogP) is 3.43. The van der Waals surface area contributed by atoms with Crippen molar-refractivity contribution in [2.75, 3.05) is 13.2 Å². The van der Waals surface area contributed by atoms with E-state index in [1.54, 1.807) is 0 Å². The second kappa shape index (κ2) is 10.5. The lowest BCUT2D eigenvalue weighted by Crippen LogP contribution is -2.55. The summed E-state index contributed by atoms with van der Waals surface area (Å²) in [7, 11) is 0. The maximum absolute atomic E-state index is 12.7. The Bertz CT molecular complexity index is 1060. The standard InChI is InChI=1S/C27H32N2O6/c1-27(16-30,25(32)33)29-24(31)14-17-8-2-7-13-23(17)28-26(34)35-15-22-20-11-5-3-9-18(20)19-10-4-6-12-21(19)22/h3-6,9-12,17,22-23,30H,2,7-8,13-16H2,1H3,(H,28,34)(H,29,31)(H,32,33)/t17-,23-,27?/m0/s1. The maximum Gasteiger partial charge on any atom is 0.407 e. The van der Waals surface area contributed by atoms with Gasteiger partial charge in [-0.2, -0.15) is 0 Å². The molecule has 2 aromatic carbocycles. The minimum atomic E-state index is -1.73. The third-order valence-corrected chi connectivity index (χ3v) is 7.21. The molecular formula is C27H32N2O6. The number of hydrogen-bond acceptors (Lipinski definition) is 5. The van der Waals surface area contributed by atoms with Crippen LogP contribution in [-0.2, 0) is 14.3 Å². The molecule has 4 N–H and O–H groups in total. The number of amides is 2. The molecule has 2 aromatic rings. The summed E-state index contributed by atoms with van der Waals surface area (Å²) >= 11 is 0. The van der Waals surface area contributed by atoms with Gasteiger partial charge in [0.15, 0.2) is 5.54 Å². The van der Waals surface area contributed by atoms with Crippen LogP contribution in [0.3, 0.4) is 0 Å². The number of rotatable bonds is 8. The predicted molar refractivity (Wildman–Crippen MR) is 130 cm³/mol. The molecular weight excluding hydrogens is 448 g/mol. The van der Waals surface area contributed by atoms with Crippen molar-refractivity contribution in [2.45, 2.75) is 56.5 Å². The first-order valence-electron chi connectivity index (χ1n) is 12.1. The van der Waals surface area contributed by atoms with Gasteiger partial charge in [-0.15, -0.1) is 0 Å². The molecule has 0 aliphatic heterocycles. The van der Waals surface area contributed by atoms with E-state index in [-0.39, 0.29) is 30.9 Å². The highest BCUT2D eigenvalue weighted by atomic mass is 16.5. The summed E-state index contributed by atoms with van der Waals surface area (Å²) in [6.45, 7) is 0.770. The molecule has 2 amide bonds. The average molecular weight is 481 g/mol. The van der Waals surface area contributed by atoms with Gasteiger partial charge in [0, 0.05) is 18.4 Å². The summed E-state index contributed by atoms with van der Waals surface area (Å²) in [6.07, 6.45) is 2.86. The Labute approximate surface area is 204 Å². The summed E-state index contributed by atoms with van der Waals surface area (Å²) in [6, 6.07) is 16.0. The number of nitrogens with one attached hydrogen (secondary N) is 2. The molecule has 0 aromatic heterocycles. The van der Waals surface area contributed by atoms with Gasteiger partial charge in [-0.1, -0.05) is 61.4 Å². The van der Waals surface area contributed by atoms with Gasteiger partial charge in [-0.05, 0) is 47.9 Å². The van der Waals surface area contributed by atoms with Crippen LogP contribution < -0.4 is 10.6 Å². The third-order valence-electron chi connectivity index (χ3n) is 7.21. The molecule has 0 heterocycles. The Hall–Kier alpha value is -3.39. The van der Waals surface area contributed by atoms with Crippen LogP contribution in [0.1, 0.15) is 56.1 Å². The molecule has 0 spiro atoms. The van der Waals surface area contributed by atoms with Crippen LogP contribution in [-0.4, -0.2) is 53.0 Å². The van der Waals surface area contributed by atoms with Gasteiger partial charge in [0.1, 0.15) is 6.61 Å². The van der Waals surface area contributed by atoms with Crippen LogP contribution in [0.5, 0.6) is 0 Å². The molecule has 1 saturated carbocycles. The Morgan fingerprint density at radius 1 is 1.00 bits per heavy atom. The molecule has 8 heteroatoms. The van der Waals surface area contributed by atoms with E-state index in [1.807, 2.05) is 24.3 Å². The quantitative estimate of drug-likeness (QED) is 0.459. The zero-order chi connectivity index (χ0) is 25.0. The first-order valence-corrected chi connectivity index (χ1v) is 12.1. The summed E-state index contributed by atoms with van der Waals surface area (Å²) in [5.74, 6) is -1.94. The van der Waals surface area contributed by atoms with Crippen LogP contribution in [0.15, 0.2) is 48.5 Å². The van der Waals surface area contributed by atoms with Crippen molar-refractivity contribution in [2.24, 2.45) is 5.92 Å². The number of hydrogen-bond donors (Lipinski definition) is 4. The molecule has 1 fully saturated rings. The normalized spacial score (nSPS) is 20.7. The minimum absolute atomic E-state index is 0.0340. The van der Waals surface area contributed by atoms with E-state index in [9.17, 15) is 24.6 Å². The van der Waals surface area contributed by atoms with Gasteiger partial charge >= 0.3 is 12.1 Å². The number of aliphatic hydroxyl groups excluding tert-OH is 1. The highest BCUT2D eigenvalue weighted by molar-refractivity contribution is 5.87. The molecule has 0 bridgehead atoms. The van der Waals surface area contributed by atoms with Crippen molar-refractivity contribution in [3.05, 3.63) is 59.7 Å². The van der Waals surface area contributed by atoms with Gasteiger partial charge in [0.2, 0.25) is 5.91 Å². The molecule has 186 valence electrons. The largest absolute Gasteiger partial charge is 0.479 e. The number of benzene rings is 2. The number of carbonyl (C=O) groups is 3. The maximum atomic E-state index is 12.7. The molecule has 8 nitrogen and oxygen atoms in total. The van der Waals surface area contributed by atoms with Crippen molar-refractivity contribution >= 4 is 18.0 Å². The lowest BCUT2D eigenvalue weighted by Gasteiger charge is -2.32. The van der Waals surface area contributed by atoms with Gasteiger partial charge in [0.05, 0.1) is 6.61 Å². The molecule has 2 aliphatic carbocycles. The second-order valence-electron chi connectivity index (χ2n) is 9.67. The number of carboxylic acid groups (broad SMARTS) is 1. The van der Waals surface area contributed by atoms with Crippen molar-refractivity contribution in [3.63, 3.8) is 0 Å². The molecule has 0 saturated heterocycles. The van der Waals surface area contributed by atoms with Crippen LogP contribution in [0, 0.1) is 5.92 Å². The molecule has 3 atom stereocenters. The van der Waals surface area contributed by atoms with Gasteiger partial charge in [-0.3, -0.25) is 4.79 Å². The Kier molecular flexibility index (Phi) is 7.40. The minimum Gasteiger partial charge on any atom is -0.479 e. The highest BCUT2D eigenvalue weighted by Crippen LogP contribution is 2.44. The van der Waals surface area contributed by atoms with E-state index in [0.29, 0.717) is 0 Å². The van der Waals surface area contributed by atoms with Crippen molar-refractivity contribution in [3.8, 4) is 11.1 Å². The van der Waals surface area contributed by atoms with Gasteiger partial charge in [-0.25, -0.2) is 9.59 Å². The second-order valence-corrected chi connectivity index (χ2v) is 9.67. The van der Waals surface area contributed by atoms with Crippen LogP contribution in [0.4, 0.5) is 4.79 Å². The lowest BCUT2D eigenvalue weighted by atomic mass is 9.82. The fraction of sp³-hybridized carbons (Fsp3) is 0.444. The Balaban J connectivity index is 1.36. The summed E-state index contributed by atoms with van der Waals surface area (Å²) in [5, 5.41) is 24.0. The van der Waals surface area contributed by atoms with Crippen molar-refractivity contribution in [1.82, 2.24) is 10.6 Å². The SMILES string of the molecule is CC(CO)(NC(=O)C[C@@H]1CCCC[C@@H]1NC(=O)OCC1c2ccccc2-c2ccccc21)C(=O)O. The van der Waals surface area contributed by atoms with E-state index >= 15 is 0 Å². The van der Waals surface area contributed by atoms with Crippen LogP contribution >= 0.6 is 0 Å². The summed E-state index contributed by atoms with van der Waals surface area (Å²) < 4.78 is 5.66. The van der Waals surface area contributed by atoms with Crippen molar-refractivity contribution < 1.29 is 29.3 Å². The lowest BCUT2D eigenvalue weighted by molar-refractivity contribution is -0.148. The first kappa shape index (κ1) is 24.7. The number of aliphatic hydroxyl groups is 1. The molecule has 4 rings (SSSR count). The zero-order valence-electron chi connectivity index (χ0n) is 19.8. The Morgan fingerprint density at radius 2 is 1.60 bits per heavy atom. The summed E-state index contributed by atoms with van der Waals surface area (Å²) in [5.41, 5.74) is 2.86. The van der Waals surface area contributed by atoms with E-state index < -0.39 is 30.1 Å². The summed E-state index contributed by atoms with van der Waals surface area (Å²) in [4.78, 5) is 36.6. The zero-order valence-corrected chi connectivity index (χ0v) is 19.8. The van der Waals surface area contributed by atoms with Crippen LogP contribution in [0.25, 0.3) is 11.1 Å². The molecule has 0 radical (unpaired) electrons.